The fourth-order valence-electron chi connectivity index (χ4n) is 2.25. The van der Waals surface area contributed by atoms with Crippen LogP contribution in [0.3, 0.4) is 0 Å². The zero-order valence-electron chi connectivity index (χ0n) is 12.0. The largest absolute Gasteiger partial charge is 0.478 e. The van der Waals surface area contributed by atoms with Gasteiger partial charge in [0.05, 0.1) is 16.5 Å². The summed E-state index contributed by atoms with van der Waals surface area (Å²) in [7, 11) is 0. The normalized spacial score (nSPS) is 10.6. The van der Waals surface area contributed by atoms with E-state index in [4.69, 9.17) is 10.8 Å². The van der Waals surface area contributed by atoms with Crippen LogP contribution in [0.25, 0.3) is 10.9 Å². The number of nitrogens with zero attached hydrogens (tertiary/aromatic N) is 1. The molecule has 0 fully saturated rings. The van der Waals surface area contributed by atoms with Gasteiger partial charge in [0.25, 0.3) is 5.56 Å². The number of aromatic amines is 1. The third-order valence-electron chi connectivity index (χ3n) is 3.42. The molecule has 0 saturated heterocycles. The number of aromatic carboxylic acids is 1. The number of nitrogens with one attached hydrogen (secondary N) is 2. The number of H-pyrrole nitrogens is 1. The number of hydrogen-bond donors (Lipinski definition) is 4. The van der Waals surface area contributed by atoms with Crippen LogP contribution in [0.2, 0.25) is 0 Å². The molecule has 2 aromatic carbocycles. The number of carbonyl (C=O) groups is 1. The molecular formula is C16H14N4O3. The van der Waals surface area contributed by atoms with Gasteiger partial charge >= 0.3 is 5.97 Å². The number of aromatic nitrogens is 2. The molecule has 0 spiro atoms. The van der Waals surface area contributed by atoms with Crippen molar-refractivity contribution in [2.45, 2.75) is 6.54 Å². The van der Waals surface area contributed by atoms with E-state index < -0.39 is 5.97 Å². The Labute approximate surface area is 130 Å². The minimum atomic E-state index is -0.961. The van der Waals surface area contributed by atoms with Crippen LogP contribution in [-0.4, -0.2) is 21.0 Å². The van der Waals surface area contributed by atoms with Gasteiger partial charge in [0.1, 0.15) is 0 Å². The van der Waals surface area contributed by atoms with Crippen LogP contribution in [0.5, 0.6) is 0 Å². The molecule has 3 aromatic rings. The van der Waals surface area contributed by atoms with Crippen LogP contribution in [0.4, 0.5) is 11.6 Å². The maximum Gasteiger partial charge on any atom is 0.335 e. The van der Waals surface area contributed by atoms with E-state index in [2.05, 4.69) is 15.3 Å². The molecule has 1 aromatic heterocycles. The van der Waals surface area contributed by atoms with Crippen molar-refractivity contribution in [3.63, 3.8) is 0 Å². The molecule has 7 heteroatoms. The van der Waals surface area contributed by atoms with Crippen LogP contribution in [0, 0.1) is 0 Å². The number of carboxylic acid groups (broad SMARTS) is 1. The molecule has 0 aliphatic rings. The second-order valence-corrected chi connectivity index (χ2v) is 5.04. The minimum absolute atomic E-state index is 0.0897. The number of rotatable bonds is 4. The zero-order valence-corrected chi connectivity index (χ0v) is 12.0. The third-order valence-corrected chi connectivity index (χ3v) is 3.42. The Kier molecular flexibility index (Phi) is 3.68. The smallest absolute Gasteiger partial charge is 0.335 e. The summed E-state index contributed by atoms with van der Waals surface area (Å²) in [6, 6.07) is 11.8. The Morgan fingerprint density at radius 2 is 1.96 bits per heavy atom. The first-order valence-corrected chi connectivity index (χ1v) is 6.88. The number of benzene rings is 2. The molecule has 0 amide bonds. The number of nitrogen functional groups attached to an aromatic ring is 1. The topological polar surface area (TPSA) is 121 Å². The van der Waals surface area contributed by atoms with E-state index in [-0.39, 0.29) is 17.1 Å². The van der Waals surface area contributed by atoms with Gasteiger partial charge in [-0.2, -0.15) is 0 Å². The van der Waals surface area contributed by atoms with E-state index in [0.717, 1.165) is 11.3 Å². The lowest BCUT2D eigenvalue weighted by atomic mass is 10.1. The standard InChI is InChI=1S/C16H14N4O3/c17-16-19-13-6-1-9(7-12(13)14(21)20-16)8-18-11-4-2-10(3-5-11)15(22)23/h1-7,18H,8H2,(H,22,23)(H3,17,19,20,21). The molecule has 7 nitrogen and oxygen atoms in total. The summed E-state index contributed by atoms with van der Waals surface area (Å²) in [4.78, 5) is 29.2. The predicted molar refractivity (Wildman–Crippen MR) is 87.5 cm³/mol. The van der Waals surface area contributed by atoms with E-state index >= 15 is 0 Å². The fraction of sp³-hybridized carbons (Fsp3) is 0.0625. The molecule has 0 saturated carbocycles. The Balaban J connectivity index is 1.79. The highest BCUT2D eigenvalue weighted by Crippen LogP contribution is 2.14. The lowest BCUT2D eigenvalue weighted by Crippen LogP contribution is -2.11. The van der Waals surface area contributed by atoms with E-state index in [1.165, 1.54) is 12.1 Å². The molecule has 3 rings (SSSR count). The van der Waals surface area contributed by atoms with Gasteiger partial charge in [-0.3, -0.25) is 9.78 Å². The van der Waals surface area contributed by atoms with Crippen molar-refractivity contribution in [1.29, 1.82) is 0 Å². The summed E-state index contributed by atoms with van der Waals surface area (Å²) in [6.45, 7) is 0.492. The first-order valence-electron chi connectivity index (χ1n) is 6.88. The van der Waals surface area contributed by atoms with E-state index in [9.17, 15) is 9.59 Å². The summed E-state index contributed by atoms with van der Waals surface area (Å²) in [6.07, 6.45) is 0. The van der Waals surface area contributed by atoms with Gasteiger partial charge in [0, 0.05) is 12.2 Å². The van der Waals surface area contributed by atoms with Gasteiger partial charge in [0.2, 0.25) is 5.95 Å². The number of fused-ring (bicyclic) bond motifs is 1. The number of nitrogens with two attached hydrogens (primary N) is 1. The summed E-state index contributed by atoms with van der Waals surface area (Å²) in [5.74, 6) is -0.871. The molecule has 1 heterocycles. The van der Waals surface area contributed by atoms with Crippen LogP contribution in [0.15, 0.2) is 47.3 Å². The first kappa shape index (κ1) is 14.6. The molecular weight excluding hydrogens is 296 g/mol. The van der Waals surface area contributed by atoms with Crippen LogP contribution in [0.1, 0.15) is 15.9 Å². The van der Waals surface area contributed by atoms with Gasteiger partial charge in [-0.1, -0.05) is 6.07 Å². The van der Waals surface area contributed by atoms with Crippen molar-refractivity contribution in [1.82, 2.24) is 9.97 Å². The second kappa shape index (κ2) is 5.80. The summed E-state index contributed by atoms with van der Waals surface area (Å²) >= 11 is 0. The van der Waals surface area contributed by atoms with Crippen molar-refractivity contribution in [3.05, 3.63) is 63.9 Å². The van der Waals surface area contributed by atoms with Gasteiger partial charge in [-0.25, -0.2) is 9.78 Å². The monoisotopic (exact) mass is 310 g/mol. The molecule has 0 radical (unpaired) electrons. The van der Waals surface area contributed by atoms with Crippen LogP contribution < -0.4 is 16.6 Å². The zero-order chi connectivity index (χ0) is 16.4. The van der Waals surface area contributed by atoms with Crippen LogP contribution >= 0.6 is 0 Å². The average molecular weight is 310 g/mol. The fourth-order valence-corrected chi connectivity index (χ4v) is 2.25. The highest BCUT2D eigenvalue weighted by atomic mass is 16.4. The minimum Gasteiger partial charge on any atom is -0.478 e. The highest BCUT2D eigenvalue weighted by Gasteiger charge is 2.04. The van der Waals surface area contributed by atoms with Gasteiger partial charge in [-0.15, -0.1) is 0 Å². The van der Waals surface area contributed by atoms with Crippen molar-refractivity contribution in [3.8, 4) is 0 Å². The maximum absolute atomic E-state index is 11.9. The summed E-state index contributed by atoms with van der Waals surface area (Å²) < 4.78 is 0. The average Bonchev–Trinajstić information content (AvgIpc) is 2.53. The second-order valence-electron chi connectivity index (χ2n) is 5.04. The molecule has 0 bridgehead atoms. The summed E-state index contributed by atoms with van der Waals surface area (Å²) in [5, 5.41) is 12.5. The van der Waals surface area contributed by atoms with Gasteiger partial charge in [-0.05, 0) is 42.0 Å². The van der Waals surface area contributed by atoms with Gasteiger partial charge < -0.3 is 16.2 Å². The lowest BCUT2D eigenvalue weighted by Gasteiger charge is -2.08. The third kappa shape index (κ3) is 3.13. The number of hydrogen-bond acceptors (Lipinski definition) is 5. The Hall–Kier alpha value is -3.35. The number of carboxylic acids is 1. The van der Waals surface area contributed by atoms with E-state index in [1.54, 1.807) is 24.3 Å². The molecule has 5 N–H and O–H groups in total. The summed E-state index contributed by atoms with van der Waals surface area (Å²) in [5.41, 5.74) is 7.70. The Morgan fingerprint density at radius 1 is 1.22 bits per heavy atom. The quantitative estimate of drug-likeness (QED) is 0.583. The lowest BCUT2D eigenvalue weighted by molar-refractivity contribution is 0.0697. The SMILES string of the molecule is Nc1nc2ccc(CNc3ccc(C(=O)O)cc3)cc2c(=O)[nH]1. The van der Waals surface area contributed by atoms with Crippen molar-refractivity contribution < 1.29 is 9.90 Å². The Bertz CT molecular complexity index is 932. The van der Waals surface area contributed by atoms with Gasteiger partial charge in [0.15, 0.2) is 0 Å². The Morgan fingerprint density at radius 3 is 2.65 bits per heavy atom. The molecule has 0 unspecified atom stereocenters. The molecule has 23 heavy (non-hydrogen) atoms. The van der Waals surface area contributed by atoms with Crippen LogP contribution in [-0.2, 0) is 6.54 Å². The molecule has 0 aliphatic carbocycles. The first-order chi connectivity index (χ1) is 11.0. The van der Waals surface area contributed by atoms with Crippen molar-refractivity contribution >= 4 is 28.5 Å². The van der Waals surface area contributed by atoms with Crippen molar-refractivity contribution in [2.24, 2.45) is 0 Å². The van der Waals surface area contributed by atoms with E-state index in [0.29, 0.717) is 17.4 Å². The number of anilines is 2. The molecule has 116 valence electrons. The molecule has 0 atom stereocenters. The predicted octanol–water partition coefficient (Wildman–Crippen LogP) is 1.82. The highest BCUT2D eigenvalue weighted by molar-refractivity contribution is 5.88. The molecule has 0 aliphatic heterocycles. The van der Waals surface area contributed by atoms with Crippen molar-refractivity contribution in [2.75, 3.05) is 11.1 Å². The maximum atomic E-state index is 11.9. The van der Waals surface area contributed by atoms with E-state index in [1.807, 2.05) is 6.07 Å².